The molecule has 3 aromatic rings. The molecule has 1 N–H and O–H groups in total. The molecule has 2 aromatic carbocycles. The first-order valence-corrected chi connectivity index (χ1v) is 6.96. The molecule has 0 unspecified atom stereocenters. The molecule has 3 rings (SSSR count). The Balaban J connectivity index is 2.27. The second-order valence-corrected chi connectivity index (χ2v) is 5.32. The molecule has 0 saturated heterocycles. The van der Waals surface area contributed by atoms with Crippen molar-refractivity contribution in [2.24, 2.45) is 0 Å². The molecule has 0 amide bonds. The van der Waals surface area contributed by atoms with E-state index < -0.39 is 0 Å². The van der Waals surface area contributed by atoms with Gasteiger partial charge in [0.1, 0.15) is 6.54 Å². The number of fused-ring (bicyclic) bond motifs is 1. The van der Waals surface area contributed by atoms with Crippen LogP contribution in [0.25, 0.3) is 22.4 Å². The summed E-state index contributed by atoms with van der Waals surface area (Å²) < 4.78 is 3.32. The lowest BCUT2D eigenvalue weighted by molar-refractivity contribution is -0.649. The van der Waals surface area contributed by atoms with E-state index in [9.17, 15) is 0 Å². The molecule has 0 radical (unpaired) electrons. The van der Waals surface area contributed by atoms with E-state index in [1.165, 1.54) is 5.52 Å². The fourth-order valence-corrected chi connectivity index (χ4v) is 2.71. The molecule has 3 heteroatoms. The summed E-state index contributed by atoms with van der Waals surface area (Å²) in [5.74, 6) is 1.10. The Bertz CT molecular complexity index is 743. The lowest BCUT2D eigenvalue weighted by atomic mass is 10.2. The van der Waals surface area contributed by atoms with Crippen LogP contribution in [-0.4, -0.2) is 4.98 Å². The third-order valence-electron chi connectivity index (χ3n) is 3.13. The number of rotatable bonds is 3. The second-order valence-electron chi connectivity index (χ2n) is 4.40. The van der Waals surface area contributed by atoms with Gasteiger partial charge in [0.05, 0.1) is 5.56 Å². The number of hydrogen-bond donors (Lipinski definition) is 1. The van der Waals surface area contributed by atoms with Crippen molar-refractivity contribution in [2.45, 2.75) is 6.54 Å². The van der Waals surface area contributed by atoms with Crippen LogP contribution >= 0.6 is 15.9 Å². The van der Waals surface area contributed by atoms with Gasteiger partial charge in [0.15, 0.2) is 11.0 Å². The van der Waals surface area contributed by atoms with E-state index in [1.54, 1.807) is 0 Å². The minimum atomic E-state index is 0.784. The predicted octanol–water partition coefficient (Wildman–Crippen LogP) is 4.07. The Hall–Kier alpha value is -1.87. The van der Waals surface area contributed by atoms with Crippen molar-refractivity contribution in [2.75, 3.05) is 0 Å². The molecule has 0 bridgehead atoms. The van der Waals surface area contributed by atoms with Crippen LogP contribution in [0.3, 0.4) is 0 Å². The summed E-state index contributed by atoms with van der Waals surface area (Å²) in [6, 6.07) is 16.6. The maximum Gasteiger partial charge on any atom is 0.287 e. The van der Waals surface area contributed by atoms with E-state index in [1.807, 2.05) is 24.3 Å². The van der Waals surface area contributed by atoms with Crippen molar-refractivity contribution in [3.05, 3.63) is 65.7 Å². The first-order valence-electron chi connectivity index (χ1n) is 6.17. The van der Waals surface area contributed by atoms with Crippen molar-refractivity contribution in [1.29, 1.82) is 0 Å². The smallest absolute Gasteiger partial charge is 0.236 e. The molecule has 2 nitrogen and oxygen atoms in total. The van der Waals surface area contributed by atoms with Crippen LogP contribution < -0.4 is 4.57 Å². The number of imidazole rings is 1. The highest BCUT2D eigenvalue weighted by atomic mass is 79.9. The molecule has 1 heterocycles. The minimum absolute atomic E-state index is 0.784. The Kier molecular flexibility index (Phi) is 3.22. The van der Waals surface area contributed by atoms with Crippen LogP contribution in [0.4, 0.5) is 0 Å². The van der Waals surface area contributed by atoms with Crippen molar-refractivity contribution in [1.82, 2.24) is 4.98 Å². The number of benzene rings is 2. The fourth-order valence-electron chi connectivity index (χ4n) is 2.31. The quantitative estimate of drug-likeness (QED) is 0.555. The monoisotopic (exact) mass is 313 g/mol. The number of H-pyrrole nitrogens is 1. The van der Waals surface area contributed by atoms with Crippen LogP contribution in [0.1, 0.15) is 0 Å². The number of aromatic amines is 1. The Labute approximate surface area is 120 Å². The van der Waals surface area contributed by atoms with Crippen LogP contribution in [-0.2, 0) is 6.54 Å². The molecule has 19 heavy (non-hydrogen) atoms. The number of para-hydroxylation sites is 2. The average molecular weight is 314 g/mol. The Morgan fingerprint density at radius 1 is 1.16 bits per heavy atom. The third-order valence-corrected chi connectivity index (χ3v) is 3.62. The van der Waals surface area contributed by atoms with E-state index in [0.717, 1.165) is 27.9 Å². The molecule has 0 aliphatic carbocycles. The minimum Gasteiger partial charge on any atom is -0.236 e. The fraction of sp³-hybridized carbons (Fsp3) is 0.0625. The zero-order valence-corrected chi connectivity index (χ0v) is 12.0. The molecule has 1 aromatic heterocycles. The van der Waals surface area contributed by atoms with Crippen LogP contribution in [0.2, 0.25) is 0 Å². The highest BCUT2D eigenvalue weighted by Crippen LogP contribution is 2.22. The summed E-state index contributed by atoms with van der Waals surface area (Å²) in [6.07, 6.45) is 1.92. The van der Waals surface area contributed by atoms with Gasteiger partial charge in [-0.05, 0) is 30.3 Å². The largest absolute Gasteiger partial charge is 0.287 e. The van der Waals surface area contributed by atoms with Crippen molar-refractivity contribution >= 4 is 27.0 Å². The maximum atomic E-state index is 3.85. The zero-order valence-electron chi connectivity index (χ0n) is 10.4. The molecule has 0 fully saturated rings. The Morgan fingerprint density at radius 3 is 2.79 bits per heavy atom. The summed E-state index contributed by atoms with van der Waals surface area (Å²) in [5, 5.41) is 0. The van der Waals surface area contributed by atoms with Gasteiger partial charge in [0.25, 0.3) is 5.82 Å². The predicted molar refractivity (Wildman–Crippen MR) is 81.8 cm³/mol. The third kappa shape index (κ3) is 2.22. The molecule has 94 valence electrons. The molecular weight excluding hydrogens is 300 g/mol. The van der Waals surface area contributed by atoms with Crippen molar-refractivity contribution in [3.63, 3.8) is 0 Å². The summed E-state index contributed by atoms with van der Waals surface area (Å²) in [6.45, 7) is 4.63. The van der Waals surface area contributed by atoms with E-state index in [-0.39, 0.29) is 0 Å². The molecule has 0 saturated carbocycles. The first kappa shape index (κ1) is 12.2. The van der Waals surface area contributed by atoms with Gasteiger partial charge < -0.3 is 0 Å². The zero-order chi connectivity index (χ0) is 13.2. The van der Waals surface area contributed by atoms with Gasteiger partial charge in [-0.3, -0.25) is 0 Å². The number of allylic oxidation sites excluding steroid dienone is 1. The summed E-state index contributed by atoms with van der Waals surface area (Å²) >= 11 is 3.52. The SMILES string of the molecule is C=CC[n+]1c(-c2cccc(Br)c2)[nH]c2ccccc21. The first-order chi connectivity index (χ1) is 9.29. The van der Waals surface area contributed by atoms with Gasteiger partial charge in [0, 0.05) is 4.47 Å². The number of nitrogens with zero attached hydrogens (tertiary/aromatic N) is 1. The average Bonchev–Trinajstić information content (AvgIpc) is 2.79. The lowest BCUT2D eigenvalue weighted by Crippen LogP contribution is -2.33. The summed E-state index contributed by atoms with van der Waals surface area (Å²) in [4.78, 5) is 3.49. The van der Waals surface area contributed by atoms with Gasteiger partial charge in [-0.25, -0.2) is 9.55 Å². The Morgan fingerprint density at radius 2 is 2.00 bits per heavy atom. The van der Waals surface area contributed by atoms with E-state index >= 15 is 0 Å². The van der Waals surface area contributed by atoms with Crippen LogP contribution in [0.5, 0.6) is 0 Å². The normalized spacial score (nSPS) is 10.8. The van der Waals surface area contributed by atoms with Gasteiger partial charge >= 0.3 is 0 Å². The molecular formula is C16H14BrN2+. The van der Waals surface area contributed by atoms with Crippen LogP contribution in [0.15, 0.2) is 65.7 Å². The van der Waals surface area contributed by atoms with Crippen molar-refractivity contribution in [3.8, 4) is 11.4 Å². The number of halogens is 1. The van der Waals surface area contributed by atoms with Gasteiger partial charge in [-0.2, -0.15) is 0 Å². The van der Waals surface area contributed by atoms with Gasteiger partial charge in [-0.1, -0.05) is 46.8 Å². The van der Waals surface area contributed by atoms with Gasteiger partial charge in [-0.15, -0.1) is 0 Å². The number of hydrogen-bond acceptors (Lipinski definition) is 0. The standard InChI is InChI=1S/C16H13BrN2/c1-2-10-19-15-9-4-3-8-14(15)18-16(19)12-6-5-7-13(17)11-12/h2-9,11H,1,10H2/p+1. The van der Waals surface area contributed by atoms with E-state index in [2.05, 4.69) is 62.4 Å². The number of nitrogens with one attached hydrogen (secondary N) is 1. The topological polar surface area (TPSA) is 19.7 Å². The second kappa shape index (κ2) is 5.02. The number of aromatic nitrogens is 2. The summed E-state index contributed by atoms with van der Waals surface area (Å²) in [5.41, 5.74) is 3.49. The molecule has 0 aliphatic rings. The van der Waals surface area contributed by atoms with E-state index in [4.69, 9.17) is 0 Å². The molecule has 0 atom stereocenters. The van der Waals surface area contributed by atoms with E-state index in [0.29, 0.717) is 0 Å². The van der Waals surface area contributed by atoms with Crippen molar-refractivity contribution < 1.29 is 4.57 Å². The van der Waals surface area contributed by atoms with Crippen LogP contribution in [0, 0.1) is 0 Å². The molecule has 0 aliphatic heterocycles. The lowest BCUT2D eigenvalue weighted by Gasteiger charge is -1.99. The van der Waals surface area contributed by atoms with Gasteiger partial charge in [0.2, 0.25) is 0 Å². The molecule has 0 spiro atoms. The summed E-state index contributed by atoms with van der Waals surface area (Å²) in [7, 11) is 0. The highest BCUT2D eigenvalue weighted by Gasteiger charge is 2.18. The maximum absolute atomic E-state index is 3.85. The highest BCUT2D eigenvalue weighted by molar-refractivity contribution is 9.10.